The molecule has 1 N–H and O–H groups in total. The minimum atomic E-state index is -0.780. The topological polar surface area (TPSA) is 88.2 Å². The van der Waals surface area contributed by atoms with Gasteiger partial charge in [0, 0.05) is 35.6 Å². The lowest BCUT2D eigenvalue weighted by molar-refractivity contribution is -0.122. The van der Waals surface area contributed by atoms with Gasteiger partial charge in [-0.3, -0.25) is 14.9 Å². The van der Waals surface area contributed by atoms with Crippen molar-refractivity contribution in [1.29, 1.82) is 0 Å². The third-order valence-electron chi connectivity index (χ3n) is 10.2. The first-order valence-corrected chi connectivity index (χ1v) is 18.9. The van der Waals surface area contributed by atoms with Gasteiger partial charge in [0.2, 0.25) is 0 Å². The van der Waals surface area contributed by atoms with Gasteiger partial charge in [-0.15, -0.1) is 0 Å². The molecule has 8 rings (SSSR count). The SMILES string of the molecule is COc1cc(/C=C2\C(=O)NC(=O)N(c3cc4c5c(c3)[C@H](c3ccccc3)CCN5CC[C@H]4c3ccccc3)C2=O)cc(I)c1OCc1cccc(Cl)c1. The number of rotatable bonds is 8. The summed E-state index contributed by atoms with van der Waals surface area (Å²) in [6, 6.07) is 34.8. The third-order valence-corrected chi connectivity index (χ3v) is 11.2. The molecule has 0 bridgehead atoms. The van der Waals surface area contributed by atoms with Crippen LogP contribution in [0.15, 0.2) is 115 Å². The van der Waals surface area contributed by atoms with Gasteiger partial charge < -0.3 is 14.4 Å². The van der Waals surface area contributed by atoms with Crippen LogP contribution >= 0.6 is 34.2 Å². The average Bonchev–Trinajstić information content (AvgIpc) is 3.16. The predicted octanol–water partition coefficient (Wildman–Crippen LogP) is 9.08. The maximum Gasteiger partial charge on any atom is 0.335 e. The van der Waals surface area contributed by atoms with Crippen LogP contribution in [0.5, 0.6) is 11.5 Å². The van der Waals surface area contributed by atoms with Gasteiger partial charge in [-0.25, -0.2) is 9.69 Å². The molecule has 1 saturated heterocycles. The molecule has 266 valence electrons. The van der Waals surface area contributed by atoms with E-state index in [4.69, 9.17) is 21.1 Å². The first-order chi connectivity index (χ1) is 25.8. The molecule has 53 heavy (non-hydrogen) atoms. The number of anilines is 2. The number of urea groups is 1. The zero-order chi connectivity index (χ0) is 36.6. The average molecular weight is 836 g/mol. The van der Waals surface area contributed by atoms with Crippen molar-refractivity contribution in [3.8, 4) is 11.5 Å². The number of amides is 4. The number of carbonyl (C=O) groups excluding carboxylic acids is 3. The molecule has 10 heteroatoms. The Bertz CT molecular complexity index is 2210. The van der Waals surface area contributed by atoms with Crippen molar-refractivity contribution < 1.29 is 23.9 Å². The van der Waals surface area contributed by atoms with E-state index in [2.05, 4.69) is 57.1 Å². The van der Waals surface area contributed by atoms with Gasteiger partial charge in [0.25, 0.3) is 11.8 Å². The second-order valence-electron chi connectivity index (χ2n) is 13.4. The quantitative estimate of drug-likeness (QED) is 0.0954. The zero-order valence-corrected chi connectivity index (χ0v) is 31.8. The summed E-state index contributed by atoms with van der Waals surface area (Å²) in [5.74, 6) is -0.364. The van der Waals surface area contributed by atoms with Crippen LogP contribution in [-0.2, 0) is 16.2 Å². The van der Waals surface area contributed by atoms with E-state index in [9.17, 15) is 14.4 Å². The fourth-order valence-electron chi connectivity index (χ4n) is 7.77. The Labute approximate surface area is 326 Å². The number of methoxy groups -OCH3 is 1. The van der Waals surface area contributed by atoms with E-state index in [0.29, 0.717) is 31.3 Å². The van der Waals surface area contributed by atoms with Crippen LogP contribution < -0.4 is 24.6 Å². The summed E-state index contributed by atoms with van der Waals surface area (Å²) in [6.07, 6.45) is 3.30. The van der Waals surface area contributed by atoms with Gasteiger partial charge in [-0.05, 0) is 111 Å². The number of ether oxygens (including phenoxy) is 2. The molecule has 0 unspecified atom stereocenters. The molecule has 0 radical (unpaired) electrons. The highest BCUT2D eigenvalue weighted by Gasteiger charge is 2.40. The highest BCUT2D eigenvalue weighted by molar-refractivity contribution is 14.1. The van der Waals surface area contributed by atoms with E-state index in [0.717, 1.165) is 47.5 Å². The number of hydrogen-bond acceptors (Lipinski definition) is 6. The molecular formula is C43H35ClIN3O5. The Kier molecular flexibility index (Phi) is 9.70. The van der Waals surface area contributed by atoms with Crippen LogP contribution in [0.2, 0.25) is 5.02 Å². The van der Waals surface area contributed by atoms with Crippen LogP contribution in [-0.4, -0.2) is 38.0 Å². The van der Waals surface area contributed by atoms with Gasteiger partial charge in [0.15, 0.2) is 11.5 Å². The summed E-state index contributed by atoms with van der Waals surface area (Å²) < 4.78 is 12.5. The molecule has 4 amide bonds. The molecule has 3 heterocycles. The standard InChI is InChI=1S/C43H35ClIN3O5/c1-52-38-22-27(21-37(45)40(38)53-25-26-9-8-14-30(44)19-26)20-36-41(49)46-43(51)48(42(36)50)31-23-34-32(28-10-4-2-5-11-28)15-17-47-18-16-33(35(24-31)39(34)47)29-12-6-3-7-13-29/h2-14,19-24,32-33H,15-18,25H2,1H3,(H,46,49,51)/b36-20+/t32-,33-/m0/s1. The molecule has 2 atom stereocenters. The lowest BCUT2D eigenvalue weighted by Crippen LogP contribution is -2.54. The van der Waals surface area contributed by atoms with Gasteiger partial charge in [-0.2, -0.15) is 0 Å². The summed E-state index contributed by atoms with van der Waals surface area (Å²) in [4.78, 5) is 44.9. The first kappa shape index (κ1) is 34.9. The zero-order valence-electron chi connectivity index (χ0n) is 28.9. The molecule has 0 aromatic heterocycles. The number of halogens is 2. The summed E-state index contributed by atoms with van der Waals surface area (Å²) in [7, 11) is 1.53. The van der Waals surface area contributed by atoms with Crippen LogP contribution in [0.3, 0.4) is 0 Å². The van der Waals surface area contributed by atoms with E-state index in [-0.39, 0.29) is 24.0 Å². The maximum atomic E-state index is 14.4. The fourth-order valence-corrected chi connectivity index (χ4v) is 8.77. The Morgan fingerprint density at radius 1 is 0.830 bits per heavy atom. The number of barbiturate groups is 1. The maximum absolute atomic E-state index is 14.4. The Morgan fingerprint density at radius 2 is 1.47 bits per heavy atom. The molecule has 3 aliphatic heterocycles. The highest BCUT2D eigenvalue weighted by Crippen LogP contribution is 2.50. The minimum Gasteiger partial charge on any atom is -0.493 e. The van der Waals surface area contributed by atoms with Crippen molar-refractivity contribution in [3.63, 3.8) is 0 Å². The summed E-state index contributed by atoms with van der Waals surface area (Å²) >= 11 is 8.29. The number of nitrogens with zero attached hydrogens (tertiary/aromatic N) is 2. The first-order valence-electron chi connectivity index (χ1n) is 17.5. The van der Waals surface area contributed by atoms with Crippen molar-refractivity contribution in [2.45, 2.75) is 31.3 Å². The monoisotopic (exact) mass is 835 g/mol. The largest absolute Gasteiger partial charge is 0.493 e. The second kappa shape index (κ2) is 14.7. The number of nitrogens with one attached hydrogen (secondary N) is 1. The summed E-state index contributed by atoms with van der Waals surface area (Å²) in [5, 5.41) is 3.04. The molecule has 1 fully saturated rings. The number of hydrogen-bond donors (Lipinski definition) is 1. The lowest BCUT2D eigenvalue weighted by atomic mass is 9.76. The van der Waals surface area contributed by atoms with E-state index in [1.54, 1.807) is 18.2 Å². The van der Waals surface area contributed by atoms with Crippen LogP contribution in [0, 0.1) is 3.57 Å². The van der Waals surface area contributed by atoms with Crippen LogP contribution in [0.4, 0.5) is 16.2 Å². The molecule has 0 saturated carbocycles. The number of benzene rings is 5. The normalized spacial score (nSPS) is 18.8. The van der Waals surface area contributed by atoms with Crippen LogP contribution in [0.25, 0.3) is 6.08 Å². The van der Waals surface area contributed by atoms with Crippen molar-refractivity contribution in [2.75, 3.05) is 30.0 Å². The molecule has 3 aliphatic rings. The number of carbonyl (C=O) groups is 3. The lowest BCUT2D eigenvalue weighted by Gasteiger charge is -2.44. The molecule has 8 nitrogen and oxygen atoms in total. The van der Waals surface area contributed by atoms with Crippen molar-refractivity contribution in [2.24, 2.45) is 0 Å². The van der Waals surface area contributed by atoms with Gasteiger partial charge in [-0.1, -0.05) is 84.4 Å². The van der Waals surface area contributed by atoms with Crippen molar-refractivity contribution >= 4 is 69.5 Å². The van der Waals surface area contributed by atoms with E-state index < -0.39 is 17.8 Å². The van der Waals surface area contributed by atoms with Crippen molar-refractivity contribution in [3.05, 3.63) is 157 Å². The minimum absolute atomic E-state index is 0.0735. The molecule has 0 spiro atoms. The smallest absolute Gasteiger partial charge is 0.335 e. The fraction of sp³-hybridized carbons (Fsp3) is 0.186. The molecule has 0 aliphatic carbocycles. The number of imide groups is 2. The van der Waals surface area contributed by atoms with E-state index >= 15 is 0 Å². The van der Waals surface area contributed by atoms with Gasteiger partial charge >= 0.3 is 6.03 Å². The Hall–Kier alpha value is -5.13. The molecular weight excluding hydrogens is 801 g/mol. The second-order valence-corrected chi connectivity index (χ2v) is 15.0. The molecule has 5 aromatic rings. The Balaban J connectivity index is 1.19. The molecule has 5 aromatic carbocycles. The summed E-state index contributed by atoms with van der Waals surface area (Å²) in [5.41, 5.74) is 7.39. The van der Waals surface area contributed by atoms with Crippen LogP contribution in [0.1, 0.15) is 58.1 Å². The van der Waals surface area contributed by atoms with E-state index in [1.807, 2.05) is 66.7 Å². The van der Waals surface area contributed by atoms with Gasteiger partial charge in [0.05, 0.1) is 16.4 Å². The van der Waals surface area contributed by atoms with Gasteiger partial charge in [0.1, 0.15) is 12.2 Å². The van der Waals surface area contributed by atoms with E-state index in [1.165, 1.54) is 30.0 Å². The summed E-state index contributed by atoms with van der Waals surface area (Å²) in [6.45, 7) is 2.09. The van der Waals surface area contributed by atoms with Crippen molar-refractivity contribution in [1.82, 2.24) is 5.32 Å². The Morgan fingerprint density at radius 3 is 2.08 bits per heavy atom. The third kappa shape index (κ3) is 6.79. The predicted molar refractivity (Wildman–Crippen MR) is 215 cm³/mol. The highest BCUT2D eigenvalue weighted by atomic mass is 127.